The van der Waals surface area contributed by atoms with Crippen LogP contribution in [0.15, 0.2) is 47.6 Å². The predicted octanol–water partition coefficient (Wildman–Crippen LogP) is 5.19. The molecule has 1 amide bonds. The average Bonchev–Trinajstić information content (AvgIpc) is 3.01. The Balaban J connectivity index is 1.71. The van der Waals surface area contributed by atoms with Crippen LogP contribution in [0.2, 0.25) is 5.02 Å². The molecule has 0 fully saturated rings. The van der Waals surface area contributed by atoms with E-state index in [9.17, 15) is 18.0 Å². The highest BCUT2D eigenvalue weighted by Gasteiger charge is 2.34. The van der Waals surface area contributed by atoms with E-state index < -0.39 is 17.6 Å². The zero-order valence-electron chi connectivity index (χ0n) is 15.4. The Labute approximate surface area is 174 Å². The Morgan fingerprint density at radius 1 is 1.21 bits per heavy atom. The number of nitrogens with zero attached hydrogens (tertiary/aromatic N) is 3. The molecule has 152 valence electrons. The molecule has 2 aromatic carbocycles. The third-order valence-electron chi connectivity index (χ3n) is 4.11. The number of aromatic nitrogens is 3. The van der Waals surface area contributed by atoms with Gasteiger partial charge in [0, 0.05) is 17.6 Å². The first kappa shape index (κ1) is 21.2. The summed E-state index contributed by atoms with van der Waals surface area (Å²) in [4.78, 5) is 12.2. The monoisotopic (exact) mass is 440 g/mol. The summed E-state index contributed by atoms with van der Waals surface area (Å²) in [6.45, 7) is 1.95. The van der Waals surface area contributed by atoms with Gasteiger partial charge < -0.3 is 9.88 Å². The second-order valence-electron chi connectivity index (χ2n) is 6.20. The maximum Gasteiger partial charge on any atom is 0.418 e. The summed E-state index contributed by atoms with van der Waals surface area (Å²) in [7, 11) is 1.77. The van der Waals surface area contributed by atoms with Crippen LogP contribution in [0.4, 0.5) is 18.9 Å². The number of amides is 1. The molecule has 29 heavy (non-hydrogen) atoms. The van der Waals surface area contributed by atoms with Crippen molar-refractivity contribution in [3.05, 3.63) is 58.6 Å². The lowest BCUT2D eigenvalue weighted by atomic mass is 10.1. The molecule has 3 rings (SSSR count). The topological polar surface area (TPSA) is 59.8 Å². The van der Waals surface area contributed by atoms with Crippen molar-refractivity contribution in [2.24, 2.45) is 7.05 Å². The van der Waals surface area contributed by atoms with E-state index in [0.717, 1.165) is 35.0 Å². The number of hydrogen-bond acceptors (Lipinski definition) is 4. The van der Waals surface area contributed by atoms with Gasteiger partial charge >= 0.3 is 6.18 Å². The van der Waals surface area contributed by atoms with Gasteiger partial charge in [-0.05, 0) is 30.7 Å². The van der Waals surface area contributed by atoms with E-state index >= 15 is 0 Å². The molecule has 5 nitrogen and oxygen atoms in total. The fourth-order valence-corrected chi connectivity index (χ4v) is 3.56. The summed E-state index contributed by atoms with van der Waals surface area (Å²) in [5.41, 5.74) is 0.601. The van der Waals surface area contributed by atoms with Gasteiger partial charge in [-0.25, -0.2) is 0 Å². The maximum atomic E-state index is 13.1. The fourth-order valence-electron chi connectivity index (χ4n) is 2.68. The number of carbonyl (C=O) groups is 1. The summed E-state index contributed by atoms with van der Waals surface area (Å²) in [5, 5.41) is 10.9. The van der Waals surface area contributed by atoms with Crippen LogP contribution < -0.4 is 5.32 Å². The van der Waals surface area contributed by atoms with Crippen molar-refractivity contribution in [2.75, 3.05) is 11.1 Å². The maximum absolute atomic E-state index is 13.1. The van der Waals surface area contributed by atoms with Crippen LogP contribution in [0.3, 0.4) is 0 Å². The number of anilines is 1. The van der Waals surface area contributed by atoms with Crippen molar-refractivity contribution in [1.82, 2.24) is 14.8 Å². The van der Waals surface area contributed by atoms with Crippen molar-refractivity contribution < 1.29 is 18.0 Å². The Morgan fingerprint density at radius 2 is 1.93 bits per heavy atom. The molecule has 0 aliphatic rings. The molecule has 10 heteroatoms. The summed E-state index contributed by atoms with van der Waals surface area (Å²) < 4.78 is 41.2. The van der Waals surface area contributed by atoms with E-state index in [1.165, 1.54) is 6.07 Å². The number of rotatable bonds is 5. The van der Waals surface area contributed by atoms with Crippen molar-refractivity contribution >= 4 is 35.0 Å². The van der Waals surface area contributed by atoms with E-state index in [1.54, 1.807) is 11.6 Å². The van der Waals surface area contributed by atoms with Crippen molar-refractivity contribution in [1.29, 1.82) is 0 Å². The van der Waals surface area contributed by atoms with Crippen molar-refractivity contribution in [3.63, 3.8) is 0 Å². The highest BCUT2D eigenvalue weighted by molar-refractivity contribution is 7.99. The molecule has 1 N–H and O–H groups in total. The van der Waals surface area contributed by atoms with Crippen LogP contribution in [-0.4, -0.2) is 26.4 Å². The lowest BCUT2D eigenvalue weighted by Gasteiger charge is -2.14. The van der Waals surface area contributed by atoms with Gasteiger partial charge in [0.05, 0.1) is 17.0 Å². The minimum atomic E-state index is -4.63. The minimum Gasteiger partial charge on any atom is -0.325 e. The largest absolute Gasteiger partial charge is 0.418 e. The van der Waals surface area contributed by atoms with Gasteiger partial charge in [0.25, 0.3) is 0 Å². The van der Waals surface area contributed by atoms with Gasteiger partial charge in [0.2, 0.25) is 5.91 Å². The number of benzene rings is 2. The Hall–Kier alpha value is -2.52. The number of alkyl halides is 3. The molecular weight excluding hydrogens is 425 g/mol. The molecule has 0 saturated carbocycles. The van der Waals surface area contributed by atoms with E-state index in [4.69, 9.17) is 11.6 Å². The summed E-state index contributed by atoms with van der Waals surface area (Å²) in [6.07, 6.45) is -4.63. The van der Waals surface area contributed by atoms with Gasteiger partial charge in [-0.15, -0.1) is 10.2 Å². The number of aryl methyl sites for hydroxylation is 1. The highest BCUT2D eigenvalue weighted by atomic mass is 35.5. The zero-order valence-corrected chi connectivity index (χ0v) is 17.0. The Bertz CT molecular complexity index is 1050. The van der Waals surface area contributed by atoms with Gasteiger partial charge in [0.1, 0.15) is 0 Å². The van der Waals surface area contributed by atoms with Crippen LogP contribution in [0.25, 0.3) is 11.4 Å². The van der Waals surface area contributed by atoms with E-state index in [2.05, 4.69) is 15.5 Å². The van der Waals surface area contributed by atoms with Gasteiger partial charge in [-0.1, -0.05) is 47.6 Å². The second kappa shape index (κ2) is 8.46. The average molecular weight is 441 g/mol. The standard InChI is InChI=1S/C19H16ClF3N4OS/c1-11-5-3-4-6-13(11)17-25-26-18(27(17)2)29-10-16(28)24-15-8-7-12(20)9-14(15)19(21,22)23/h3-9H,10H2,1-2H3,(H,24,28). The smallest absolute Gasteiger partial charge is 0.325 e. The first-order valence-electron chi connectivity index (χ1n) is 8.41. The predicted molar refractivity (Wildman–Crippen MR) is 107 cm³/mol. The Kier molecular flexibility index (Phi) is 6.18. The summed E-state index contributed by atoms with van der Waals surface area (Å²) >= 11 is 6.73. The van der Waals surface area contributed by atoms with Gasteiger partial charge in [0.15, 0.2) is 11.0 Å². The minimum absolute atomic E-state index is 0.0625. The zero-order chi connectivity index (χ0) is 21.2. The van der Waals surface area contributed by atoms with E-state index in [-0.39, 0.29) is 16.5 Å². The van der Waals surface area contributed by atoms with Crippen LogP contribution in [0.5, 0.6) is 0 Å². The molecule has 0 atom stereocenters. The molecule has 1 aromatic heterocycles. The SMILES string of the molecule is Cc1ccccc1-c1nnc(SCC(=O)Nc2ccc(Cl)cc2C(F)(F)F)n1C. The van der Waals surface area contributed by atoms with Crippen LogP contribution in [0.1, 0.15) is 11.1 Å². The number of halogens is 4. The quantitative estimate of drug-likeness (QED) is 0.554. The molecule has 0 saturated heterocycles. The molecule has 0 unspecified atom stereocenters. The van der Waals surface area contributed by atoms with Crippen molar-refractivity contribution in [2.45, 2.75) is 18.3 Å². The molecule has 3 aromatic rings. The number of hydrogen-bond donors (Lipinski definition) is 1. The molecule has 0 radical (unpaired) electrons. The van der Waals surface area contributed by atoms with Gasteiger partial charge in [-0.2, -0.15) is 13.2 Å². The summed E-state index contributed by atoms with van der Waals surface area (Å²) in [6, 6.07) is 10.9. The molecule has 0 bridgehead atoms. The third kappa shape index (κ3) is 4.91. The molecule has 0 aliphatic carbocycles. The first-order chi connectivity index (χ1) is 13.7. The lowest BCUT2D eigenvalue weighted by molar-refractivity contribution is -0.137. The first-order valence-corrected chi connectivity index (χ1v) is 9.78. The highest BCUT2D eigenvalue weighted by Crippen LogP contribution is 2.36. The van der Waals surface area contributed by atoms with Crippen molar-refractivity contribution in [3.8, 4) is 11.4 Å². The molecule has 0 aliphatic heterocycles. The number of thioether (sulfide) groups is 1. The molecular formula is C19H16ClF3N4OS. The normalized spacial score (nSPS) is 11.5. The van der Waals surface area contributed by atoms with Crippen LogP contribution in [-0.2, 0) is 18.0 Å². The fraction of sp³-hybridized carbons (Fsp3) is 0.211. The van der Waals surface area contributed by atoms with E-state index in [0.29, 0.717) is 11.0 Å². The molecule has 0 spiro atoms. The van der Waals surface area contributed by atoms with Crippen LogP contribution >= 0.6 is 23.4 Å². The summed E-state index contributed by atoms with van der Waals surface area (Å²) in [5.74, 6) is -0.0778. The third-order valence-corrected chi connectivity index (χ3v) is 5.37. The Morgan fingerprint density at radius 3 is 2.62 bits per heavy atom. The van der Waals surface area contributed by atoms with Crippen LogP contribution in [0, 0.1) is 6.92 Å². The second-order valence-corrected chi connectivity index (χ2v) is 7.58. The lowest BCUT2D eigenvalue weighted by Crippen LogP contribution is -2.18. The number of nitrogens with one attached hydrogen (secondary N) is 1. The van der Waals surface area contributed by atoms with Gasteiger partial charge in [-0.3, -0.25) is 4.79 Å². The number of carbonyl (C=O) groups excluding carboxylic acids is 1. The van der Waals surface area contributed by atoms with E-state index in [1.807, 2.05) is 31.2 Å². The molecule has 1 heterocycles.